The summed E-state index contributed by atoms with van der Waals surface area (Å²) >= 11 is 0. The third-order valence-corrected chi connectivity index (χ3v) is 2.64. The van der Waals surface area contributed by atoms with E-state index in [1.807, 2.05) is 36.4 Å². The second kappa shape index (κ2) is 5.22. The summed E-state index contributed by atoms with van der Waals surface area (Å²) in [6, 6.07) is 9.58. The first-order chi connectivity index (χ1) is 9.40. The van der Waals surface area contributed by atoms with Gasteiger partial charge in [-0.25, -0.2) is 4.79 Å². The highest BCUT2D eigenvalue weighted by Crippen LogP contribution is 2.26. The van der Waals surface area contributed by atoms with Crippen LogP contribution in [0.3, 0.4) is 0 Å². The molecule has 0 spiro atoms. The summed E-state index contributed by atoms with van der Waals surface area (Å²) in [7, 11) is 0. The van der Waals surface area contributed by atoms with Gasteiger partial charge in [-0.2, -0.15) is 5.26 Å². The van der Waals surface area contributed by atoms with E-state index in [1.165, 1.54) is 0 Å². The van der Waals surface area contributed by atoms with Crippen LogP contribution in [-0.4, -0.2) is 11.6 Å². The van der Waals surface area contributed by atoms with Gasteiger partial charge in [-0.1, -0.05) is 24.3 Å². The van der Waals surface area contributed by atoms with Gasteiger partial charge in [-0.15, -0.1) is 0 Å². The molecule has 0 aliphatic carbocycles. The largest absolute Gasteiger partial charge is 0.456 e. The van der Waals surface area contributed by atoms with Gasteiger partial charge in [0, 0.05) is 5.69 Å². The zero-order valence-corrected chi connectivity index (χ0v) is 11.7. The fourth-order valence-electron chi connectivity index (χ4n) is 1.81. The zero-order valence-electron chi connectivity index (χ0n) is 11.7. The molecule has 4 nitrogen and oxygen atoms in total. The molecule has 0 saturated carbocycles. The predicted octanol–water partition coefficient (Wildman–Crippen LogP) is 3.24. The third kappa shape index (κ3) is 3.07. The number of para-hydroxylation sites is 1. The summed E-state index contributed by atoms with van der Waals surface area (Å²) in [5, 5.41) is 12.3. The first-order valence-corrected chi connectivity index (χ1v) is 6.32. The van der Waals surface area contributed by atoms with E-state index in [2.05, 4.69) is 5.32 Å². The number of nitrogens with zero attached hydrogens (tertiary/aromatic N) is 1. The first-order valence-electron chi connectivity index (χ1n) is 6.32. The Hall–Kier alpha value is -2.54. The first kappa shape index (κ1) is 13.9. The highest BCUT2D eigenvalue weighted by molar-refractivity contribution is 5.96. The average molecular weight is 268 g/mol. The van der Waals surface area contributed by atoms with Crippen LogP contribution in [0.1, 0.15) is 26.3 Å². The predicted molar refractivity (Wildman–Crippen MR) is 77.6 cm³/mol. The minimum absolute atomic E-state index is 0.0225. The maximum Gasteiger partial charge on any atom is 0.351 e. The minimum atomic E-state index is -0.629. The van der Waals surface area contributed by atoms with Crippen LogP contribution in [0.5, 0.6) is 0 Å². The van der Waals surface area contributed by atoms with Crippen LogP contribution < -0.4 is 5.32 Å². The van der Waals surface area contributed by atoms with Crippen LogP contribution in [0.25, 0.3) is 6.08 Å². The van der Waals surface area contributed by atoms with Gasteiger partial charge in [0.1, 0.15) is 11.7 Å². The highest BCUT2D eigenvalue weighted by atomic mass is 16.6. The van der Waals surface area contributed by atoms with Crippen molar-refractivity contribution in [2.24, 2.45) is 0 Å². The number of esters is 1. The Morgan fingerprint density at radius 3 is 2.60 bits per heavy atom. The molecule has 1 aliphatic heterocycles. The minimum Gasteiger partial charge on any atom is -0.456 e. The van der Waals surface area contributed by atoms with E-state index < -0.39 is 11.6 Å². The summed E-state index contributed by atoms with van der Waals surface area (Å²) in [4.78, 5) is 12.0. The third-order valence-electron chi connectivity index (χ3n) is 2.64. The van der Waals surface area contributed by atoms with Crippen LogP contribution in [-0.2, 0) is 9.53 Å². The molecule has 1 aromatic carbocycles. The highest BCUT2D eigenvalue weighted by Gasteiger charge is 2.23. The number of nitriles is 1. The van der Waals surface area contributed by atoms with Gasteiger partial charge in [-0.05, 0) is 38.5 Å². The van der Waals surface area contributed by atoms with Crippen LogP contribution in [0.2, 0.25) is 0 Å². The smallest absolute Gasteiger partial charge is 0.351 e. The van der Waals surface area contributed by atoms with E-state index in [0.717, 1.165) is 11.3 Å². The second-order valence-corrected chi connectivity index (χ2v) is 5.45. The number of fused-ring (bicyclic) bond motifs is 1. The Labute approximate surface area is 118 Å². The van der Waals surface area contributed by atoms with Gasteiger partial charge in [0.15, 0.2) is 5.57 Å². The van der Waals surface area contributed by atoms with E-state index >= 15 is 0 Å². The van der Waals surface area contributed by atoms with E-state index in [9.17, 15) is 10.1 Å². The number of carbonyl (C=O) groups excluding carboxylic acids is 1. The molecule has 0 saturated heterocycles. The van der Waals surface area contributed by atoms with Gasteiger partial charge >= 0.3 is 5.97 Å². The summed E-state index contributed by atoms with van der Waals surface area (Å²) in [5.74, 6) is -0.619. The molecule has 1 N–H and O–H groups in total. The second-order valence-electron chi connectivity index (χ2n) is 5.45. The number of ether oxygens (including phenoxy) is 1. The molecular formula is C16H16N2O2. The van der Waals surface area contributed by atoms with Crippen molar-refractivity contribution in [1.82, 2.24) is 0 Å². The molecule has 0 aromatic heterocycles. The molecule has 0 fully saturated rings. The maximum absolute atomic E-state index is 12.0. The van der Waals surface area contributed by atoms with Gasteiger partial charge in [-0.3, -0.25) is 0 Å². The molecule has 1 heterocycles. The Bertz CT molecular complexity index is 643. The number of hydrogen-bond acceptors (Lipinski definition) is 4. The zero-order chi connectivity index (χ0) is 14.8. The van der Waals surface area contributed by atoms with E-state index in [4.69, 9.17) is 4.74 Å². The maximum atomic E-state index is 12.0. The Balaban J connectivity index is 2.33. The molecule has 1 aromatic rings. The van der Waals surface area contributed by atoms with Crippen molar-refractivity contribution in [3.8, 4) is 6.07 Å². The number of benzene rings is 1. The Kier molecular flexibility index (Phi) is 3.62. The summed E-state index contributed by atoms with van der Waals surface area (Å²) < 4.78 is 5.24. The van der Waals surface area contributed by atoms with Crippen LogP contribution in [0, 0.1) is 11.3 Å². The molecule has 0 bridgehead atoms. The number of carbonyl (C=O) groups is 1. The molecule has 1 aliphatic rings. The van der Waals surface area contributed by atoms with Crippen molar-refractivity contribution in [1.29, 1.82) is 5.26 Å². The SMILES string of the molecule is CC(C)(C)OC(=O)/C(C#N)=C1\C=Cc2ccccc2N1. The summed E-state index contributed by atoms with van der Waals surface area (Å²) in [5.41, 5.74) is 1.68. The molecule has 102 valence electrons. The number of nitrogens with one attached hydrogen (secondary N) is 1. The van der Waals surface area contributed by atoms with Crippen molar-refractivity contribution in [2.45, 2.75) is 26.4 Å². The van der Waals surface area contributed by atoms with Gasteiger partial charge in [0.25, 0.3) is 0 Å². The van der Waals surface area contributed by atoms with Crippen molar-refractivity contribution < 1.29 is 9.53 Å². The van der Waals surface area contributed by atoms with E-state index in [1.54, 1.807) is 26.8 Å². The van der Waals surface area contributed by atoms with Crippen LogP contribution in [0.15, 0.2) is 41.6 Å². The monoisotopic (exact) mass is 268 g/mol. The van der Waals surface area contributed by atoms with Crippen molar-refractivity contribution >= 4 is 17.7 Å². The van der Waals surface area contributed by atoms with Gasteiger partial charge < -0.3 is 10.1 Å². The molecule has 0 atom stereocenters. The van der Waals surface area contributed by atoms with Crippen LogP contribution >= 0.6 is 0 Å². The topological polar surface area (TPSA) is 62.1 Å². The lowest BCUT2D eigenvalue weighted by atomic mass is 10.1. The number of allylic oxidation sites excluding steroid dienone is 1. The van der Waals surface area contributed by atoms with Crippen molar-refractivity contribution in [2.75, 3.05) is 5.32 Å². The molecule has 4 heteroatoms. The van der Waals surface area contributed by atoms with Crippen molar-refractivity contribution in [3.05, 3.63) is 47.2 Å². The molecule has 0 amide bonds. The van der Waals surface area contributed by atoms with Gasteiger partial charge in [0.2, 0.25) is 0 Å². The van der Waals surface area contributed by atoms with E-state index in [0.29, 0.717) is 5.70 Å². The van der Waals surface area contributed by atoms with Gasteiger partial charge in [0.05, 0.1) is 5.70 Å². The Morgan fingerprint density at radius 2 is 1.95 bits per heavy atom. The molecule has 20 heavy (non-hydrogen) atoms. The molecule has 0 radical (unpaired) electrons. The quantitative estimate of drug-likeness (QED) is 0.482. The normalized spacial score (nSPS) is 15.7. The lowest BCUT2D eigenvalue weighted by Gasteiger charge is -2.21. The molecule has 0 unspecified atom stereocenters. The summed E-state index contributed by atoms with van der Waals surface area (Å²) in [6.07, 6.45) is 3.58. The van der Waals surface area contributed by atoms with E-state index in [-0.39, 0.29) is 5.57 Å². The number of hydrogen-bond donors (Lipinski definition) is 1. The number of rotatable bonds is 1. The van der Waals surface area contributed by atoms with Crippen LogP contribution in [0.4, 0.5) is 5.69 Å². The fourth-order valence-corrected chi connectivity index (χ4v) is 1.81. The summed E-state index contributed by atoms with van der Waals surface area (Å²) in [6.45, 7) is 5.30. The lowest BCUT2D eigenvalue weighted by molar-refractivity contribution is -0.149. The average Bonchev–Trinajstić information content (AvgIpc) is 2.37. The molecular weight excluding hydrogens is 252 g/mol. The fraction of sp³-hybridized carbons (Fsp3) is 0.250. The standard InChI is InChI=1S/C16H16N2O2/c1-16(2,3)20-15(19)12(10-17)14-9-8-11-6-4-5-7-13(11)18-14/h4-9,18H,1-3H3/b14-12+. The Morgan fingerprint density at radius 1 is 1.25 bits per heavy atom. The number of anilines is 1. The molecule has 2 rings (SSSR count). The van der Waals surface area contributed by atoms with Crippen molar-refractivity contribution in [3.63, 3.8) is 0 Å². The lowest BCUT2D eigenvalue weighted by Crippen LogP contribution is -2.26.